The molecule has 0 spiro atoms. The SMILES string of the molecule is Cc1cc(C(F)(F)F)n2ncc(C(=O)NCc3ccc(F)cc3)c2n1. The standard InChI is InChI=1S/C16H12F4N4O/c1-9-6-13(16(18,19)20)24-14(23-9)12(8-22-24)15(25)21-7-10-2-4-11(17)5-3-10/h2-6,8H,7H2,1H3,(H,21,25). The number of fused-ring (bicyclic) bond motifs is 1. The van der Waals surface area contributed by atoms with Gasteiger partial charge >= 0.3 is 6.18 Å². The molecule has 3 rings (SSSR count). The number of amides is 1. The summed E-state index contributed by atoms with van der Waals surface area (Å²) in [6, 6.07) is 6.35. The molecule has 0 saturated carbocycles. The van der Waals surface area contributed by atoms with Crippen molar-refractivity contribution in [3.8, 4) is 0 Å². The summed E-state index contributed by atoms with van der Waals surface area (Å²) in [6.45, 7) is 1.50. The number of halogens is 4. The second-order valence-corrected chi connectivity index (χ2v) is 5.38. The molecule has 1 amide bonds. The van der Waals surface area contributed by atoms with Crippen molar-refractivity contribution in [3.63, 3.8) is 0 Å². The highest BCUT2D eigenvalue weighted by molar-refractivity contribution is 5.99. The maximum atomic E-state index is 13.1. The number of aromatic nitrogens is 3. The van der Waals surface area contributed by atoms with Gasteiger partial charge in [-0.05, 0) is 30.7 Å². The molecular weight excluding hydrogens is 340 g/mol. The second-order valence-electron chi connectivity index (χ2n) is 5.38. The van der Waals surface area contributed by atoms with E-state index in [9.17, 15) is 22.4 Å². The summed E-state index contributed by atoms with van der Waals surface area (Å²) in [5.41, 5.74) is -0.493. The predicted molar refractivity (Wildman–Crippen MR) is 80.3 cm³/mol. The Hall–Kier alpha value is -2.97. The van der Waals surface area contributed by atoms with Crippen molar-refractivity contribution in [3.05, 3.63) is 64.9 Å². The Morgan fingerprint density at radius 1 is 1.24 bits per heavy atom. The Kier molecular flexibility index (Phi) is 4.15. The van der Waals surface area contributed by atoms with Crippen molar-refractivity contribution in [1.82, 2.24) is 19.9 Å². The van der Waals surface area contributed by atoms with Gasteiger partial charge in [0.25, 0.3) is 5.91 Å². The monoisotopic (exact) mass is 352 g/mol. The van der Waals surface area contributed by atoms with Gasteiger partial charge in [-0.15, -0.1) is 0 Å². The molecule has 0 radical (unpaired) electrons. The van der Waals surface area contributed by atoms with Crippen molar-refractivity contribution in [1.29, 1.82) is 0 Å². The van der Waals surface area contributed by atoms with Gasteiger partial charge in [-0.2, -0.15) is 18.3 Å². The number of rotatable bonds is 3. The average molecular weight is 352 g/mol. The number of carbonyl (C=O) groups is 1. The number of carbonyl (C=O) groups excluding carboxylic acids is 1. The largest absolute Gasteiger partial charge is 0.433 e. The van der Waals surface area contributed by atoms with E-state index in [1.165, 1.54) is 31.2 Å². The third kappa shape index (κ3) is 3.44. The Labute approximate surface area is 139 Å². The fraction of sp³-hybridized carbons (Fsp3) is 0.188. The molecule has 0 fully saturated rings. The van der Waals surface area contributed by atoms with Crippen LogP contribution in [0.2, 0.25) is 0 Å². The molecule has 130 valence electrons. The van der Waals surface area contributed by atoms with Crippen LogP contribution in [0.5, 0.6) is 0 Å². The summed E-state index contributed by atoms with van der Waals surface area (Å²) in [5, 5.41) is 6.19. The van der Waals surface area contributed by atoms with Gasteiger partial charge in [0, 0.05) is 12.2 Å². The van der Waals surface area contributed by atoms with Crippen LogP contribution in [0.4, 0.5) is 17.6 Å². The van der Waals surface area contributed by atoms with Crippen molar-refractivity contribution in [2.24, 2.45) is 0 Å². The fourth-order valence-corrected chi connectivity index (χ4v) is 2.33. The molecular formula is C16H12F4N4O. The molecule has 1 N–H and O–H groups in total. The Morgan fingerprint density at radius 2 is 1.92 bits per heavy atom. The molecule has 0 unspecified atom stereocenters. The minimum absolute atomic E-state index is 0.0729. The molecule has 1 aromatic carbocycles. The van der Waals surface area contributed by atoms with E-state index >= 15 is 0 Å². The zero-order valence-corrected chi connectivity index (χ0v) is 12.9. The first-order valence-corrected chi connectivity index (χ1v) is 7.21. The lowest BCUT2D eigenvalue weighted by Crippen LogP contribution is -2.23. The molecule has 0 saturated heterocycles. The van der Waals surface area contributed by atoms with Crippen LogP contribution in [0.25, 0.3) is 5.65 Å². The number of alkyl halides is 3. The number of hydrogen-bond donors (Lipinski definition) is 1. The zero-order valence-electron chi connectivity index (χ0n) is 12.9. The lowest BCUT2D eigenvalue weighted by Gasteiger charge is -2.10. The molecule has 0 aliphatic heterocycles. The molecule has 3 aromatic rings. The van der Waals surface area contributed by atoms with Gasteiger partial charge in [-0.1, -0.05) is 12.1 Å². The Bertz CT molecular complexity index is 932. The maximum absolute atomic E-state index is 13.1. The molecule has 5 nitrogen and oxygen atoms in total. The Morgan fingerprint density at radius 3 is 2.56 bits per heavy atom. The van der Waals surface area contributed by atoms with Crippen LogP contribution in [0.1, 0.15) is 27.3 Å². The van der Waals surface area contributed by atoms with Gasteiger partial charge in [0.1, 0.15) is 17.1 Å². The van der Waals surface area contributed by atoms with E-state index in [0.29, 0.717) is 10.1 Å². The minimum Gasteiger partial charge on any atom is -0.348 e. The number of nitrogens with zero attached hydrogens (tertiary/aromatic N) is 3. The minimum atomic E-state index is -4.63. The van der Waals surface area contributed by atoms with Gasteiger partial charge in [-0.3, -0.25) is 4.79 Å². The van der Waals surface area contributed by atoms with Crippen molar-refractivity contribution in [2.75, 3.05) is 0 Å². The number of benzene rings is 1. The van der Waals surface area contributed by atoms with Crippen LogP contribution >= 0.6 is 0 Å². The average Bonchev–Trinajstić information content (AvgIpc) is 2.96. The Balaban J connectivity index is 1.89. The van der Waals surface area contributed by atoms with E-state index in [1.807, 2.05) is 0 Å². The van der Waals surface area contributed by atoms with E-state index in [0.717, 1.165) is 12.3 Å². The summed E-state index contributed by atoms with van der Waals surface area (Å²) >= 11 is 0. The van der Waals surface area contributed by atoms with Gasteiger partial charge in [0.05, 0.1) is 6.20 Å². The fourth-order valence-electron chi connectivity index (χ4n) is 2.33. The summed E-state index contributed by atoms with van der Waals surface area (Å²) < 4.78 is 52.7. The van der Waals surface area contributed by atoms with Crippen molar-refractivity contribution in [2.45, 2.75) is 19.6 Å². The van der Waals surface area contributed by atoms with Gasteiger partial charge < -0.3 is 5.32 Å². The molecule has 2 heterocycles. The van der Waals surface area contributed by atoms with Gasteiger partial charge in [-0.25, -0.2) is 13.9 Å². The van der Waals surface area contributed by atoms with Gasteiger partial charge in [0.2, 0.25) is 0 Å². The first kappa shape index (κ1) is 16.9. The van der Waals surface area contributed by atoms with E-state index in [-0.39, 0.29) is 23.4 Å². The smallest absolute Gasteiger partial charge is 0.348 e. The highest BCUT2D eigenvalue weighted by Crippen LogP contribution is 2.30. The summed E-state index contributed by atoms with van der Waals surface area (Å²) in [7, 11) is 0. The van der Waals surface area contributed by atoms with E-state index in [2.05, 4.69) is 15.4 Å². The van der Waals surface area contributed by atoms with E-state index in [4.69, 9.17) is 0 Å². The first-order chi connectivity index (χ1) is 11.8. The van der Waals surface area contributed by atoms with Crippen LogP contribution in [-0.4, -0.2) is 20.5 Å². The first-order valence-electron chi connectivity index (χ1n) is 7.21. The van der Waals surface area contributed by atoms with Crippen LogP contribution in [0.3, 0.4) is 0 Å². The number of nitrogens with one attached hydrogen (secondary N) is 1. The highest BCUT2D eigenvalue weighted by atomic mass is 19.4. The number of hydrogen-bond acceptors (Lipinski definition) is 3. The van der Waals surface area contributed by atoms with Crippen LogP contribution in [0.15, 0.2) is 36.5 Å². The van der Waals surface area contributed by atoms with Crippen LogP contribution in [0, 0.1) is 12.7 Å². The maximum Gasteiger partial charge on any atom is 0.433 e. The summed E-state index contributed by atoms with van der Waals surface area (Å²) in [6.07, 6.45) is -3.59. The van der Waals surface area contributed by atoms with Gasteiger partial charge in [0.15, 0.2) is 5.65 Å². The normalized spacial score (nSPS) is 11.7. The van der Waals surface area contributed by atoms with Crippen LogP contribution in [-0.2, 0) is 12.7 Å². The van der Waals surface area contributed by atoms with E-state index in [1.54, 1.807) is 0 Å². The highest BCUT2D eigenvalue weighted by Gasteiger charge is 2.35. The van der Waals surface area contributed by atoms with Crippen molar-refractivity contribution >= 4 is 11.6 Å². The summed E-state index contributed by atoms with van der Waals surface area (Å²) in [4.78, 5) is 16.3. The number of aryl methyl sites for hydroxylation is 1. The molecule has 25 heavy (non-hydrogen) atoms. The zero-order chi connectivity index (χ0) is 18.2. The lowest BCUT2D eigenvalue weighted by atomic mass is 10.2. The van der Waals surface area contributed by atoms with Crippen LogP contribution < -0.4 is 5.32 Å². The molecule has 0 bridgehead atoms. The third-order valence-corrected chi connectivity index (χ3v) is 3.50. The molecule has 2 aromatic heterocycles. The summed E-state index contributed by atoms with van der Waals surface area (Å²) in [5.74, 6) is -1.03. The molecule has 0 atom stereocenters. The molecule has 0 aliphatic carbocycles. The molecule has 0 aliphatic rings. The van der Waals surface area contributed by atoms with E-state index < -0.39 is 23.6 Å². The quantitative estimate of drug-likeness (QED) is 0.737. The lowest BCUT2D eigenvalue weighted by molar-refractivity contribution is -0.142. The second kappa shape index (κ2) is 6.15. The predicted octanol–water partition coefficient (Wildman–Crippen LogP) is 3.13. The topological polar surface area (TPSA) is 59.3 Å². The molecule has 9 heteroatoms. The third-order valence-electron chi connectivity index (χ3n) is 3.50. The van der Waals surface area contributed by atoms with Crippen molar-refractivity contribution < 1.29 is 22.4 Å².